The molecule has 0 fully saturated rings. The van der Waals surface area contributed by atoms with Crippen LogP contribution < -0.4 is 11.1 Å². The van der Waals surface area contributed by atoms with Gasteiger partial charge < -0.3 is 20.4 Å². The third-order valence-electron chi connectivity index (χ3n) is 3.67. The van der Waals surface area contributed by atoms with Crippen LogP contribution >= 0.6 is 11.3 Å². The molecule has 0 saturated heterocycles. The molecule has 3 N–H and O–H groups in total. The Morgan fingerprint density at radius 1 is 1.48 bits per heavy atom. The van der Waals surface area contributed by atoms with Gasteiger partial charge in [-0.05, 0) is 37.2 Å². The van der Waals surface area contributed by atoms with Gasteiger partial charge in [-0.3, -0.25) is 9.59 Å². The highest BCUT2D eigenvalue weighted by Crippen LogP contribution is 2.36. The molecule has 2 aromatic rings. The molecule has 0 aliphatic carbocycles. The second kappa shape index (κ2) is 6.39. The van der Waals surface area contributed by atoms with Gasteiger partial charge in [0, 0.05) is 24.0 Å². The summed E-state index contributed by atoms with van der Waals surface area (Å²) in [5, 5.41) is 3.28. The number of carbonyl (C=O) groups excluding carboxylic acids is 2. The summed E-state index contributed by atoms with van der Waals surface area (Å²) in [4.78, 5) is 27.1. The summed E-state index contributed by atoms with van der Waals surface area (Å²) >= 11 is 1.41. The minimum atomic E-state index is -0.502. The molecular weight excluding hydrogens is 314 g/mol. The van der Waals surface area contributed by atoms with Crippen LogP contribution in [0.4, 0.5) is 5.00 Å². The van der Waals surface area contributed by atoms with Gasteiger partial charge in [0.15, 0.2) is 0 Å². The maximum absolute atomic E-state index is 12.1. The highest BCUT2D eigenvalue weighted by molar-refractivity contribution is 7.17. The van der Waals surface area contributed by atoms with Crippen LogP contribution in [0.3, 0.4) is 0 Å². The molecule has 6 nitrogen and oxygen atoms in total. The SMILES string of the molecule is CN1CCc2c(sc(NC(=O)/C=C/c3ccco3)c2C(N)=O)C1. The number of likely N-dealkylation sites (N-methyl/N-ethyl adjacent to an activating group) is 1. The molecular formula is C16H17N3O3S. The number of nitrogens with one attached hydrogen (secondary N) is 1. The fourth-order valence-electron chi connectivity index (χ4n) is 2.58. The molecule has 0 atom stereocenters. The van der Waals surface area contributed by atoms with Crippen LogP contribution in [-0.4, -0.2) is 30.3 Å². The number of furan rings is 1. The van der Waals surface area contributed by atoms with Crippen LogP contribution in [0, 0.1) is 0 Å². The molecule has 7 heteroatoms. The minimum Gasteiger partial charge on any atom is -0.465 e. The highest BCUT2D eigenvalue weighted by atomic mass is 32.1. The average molecular weight is 331 g/mol. The number of fused-ring (bicyclic) bond motifs is 1. The Kier molecular flexibility index (Phi) is 4.31. The fourth-order valence-corrected chi connectivity index (χ4v) is 3.91. The number of carbonyl (C=O) groups is 2. The molecule has 0 saturated carbocycles. The summed E-state index contributed by atoms with van der Waals surface area (Å²) in [6.07, 6.45) is 5.24. The van der Waals surface area contributed by atoms with Gasteiger partial charge in [-0.15, -0.1) is 11.3 Å². The van der Waals surface area contributed by atoms with Crippen LogP contribution in [0.5, 0.6) is 0 Å². The van der Waals surface area contributed by atoms with E-state index >= 15 is 0 Å². The quantitative estimate of drug-likeness (QED) is 0.840. The maximum Gasteiger partial charge on any atom is 0.251 e. The van der Waals surface area contributed by atoms with Crippen molar-refractivity contribution in [1.29, 1.82) is 0 Å². The summed E-state index contributed by atoms with van der Waals surface area (Å²) in [5.41, 5.74) is 6.92. The number of nitrogens with two attached hydrogens (primary N) is 1. The topological polar surface area (TPSA) is 88.6 Å². The summed E-state index contributed by atoms with van der Waals surface area (Å²) in [6, 6.07) is 3.49. The smallest absolute Gasteiger partial charge is 0.251 e. The van der Waals surface area contributed by atoms with Gasteiger partial charge in [0.05, 0.1) is 11.8 Å². The van der Waals surface area contributed by atoms with Crippen LogP contribution in [0.15, 0.2) is 28.9 Å². The van der Waals surface area contributed by atoms with E-state index < -0.39 is 5.91 Å². The standard InChI is InChI=1S/C16H17N3O3S/c1-19-7-6-11-12(9-19)23-16(14(11)15(17)21)18-13(20)5-4-10-3-2-8-22-10/h2-5,8H,6-7,9H2,1H3,(H2,17,21)(H,18,20)/b5-4+. The van der Waals surface area contributed by atoms with E-state index in [2.05, 4.69) is 10.2 Å². The molecule has 1 aliphatic heterocycles. The van der Waals surface area contributed by atoms with Crippen molar-refractivity contribution in [2.75, 3.05) is 18.9 Å². The molecule has 3 rings (SSSR count). The first-order valence-electron chi connectivity index (χ1n) is 7.20. The molecule has 0 radical (unpaired) electrons. The number of nitrogens with zero attached hydrogens (tertiary/aromatic N) is 1. The van der Waals surface area contributed by atoms with Gasteiger partial charge in [0.2, 0.25) is 5.91 Å². The summed E-state index contributed by atoms with van der Waals surface area (Å²) in [7, 11) is 2.02. The number of hydrogen-bond donors (Lipinski definition) is 2. The van der Waals surface area contributed by atoms with Crippen LogP contribution in [-0.2, 0) is 17.8 Å². The lowest BCUT2D eigenvalue weighted by atomic mass is 10.0. The zero-order valence-electron chi connectivity index (χ0n) is 12.7. The highest BCUT2D eigenvalue weighted by Gasteiger charge is 2.26. The Bertz CT molecular complexity index is 762. The Labute approximate surface area is 137 Å². The Hall–Kier alpha value is -2.38. The predicted octanol–water partition coefficient (Wildman–Crippen LogP) is 2.08. The van der Waals surface area contributed by atoms with Gasteiger partial charge >= 0.3 is 0 Å². The molecule has 0 spiro atoms. The van der Waals surface area contributed by atoms with E-state index in [4.69, 9.17) is 10.2 Å². The van der Waals surface area contributed by atoms with E-state index in [9.17, 15) is 9.59 Å². The van der Waals surface area contributed by atoms with Crippen LogP contribution in [0.2, 0.25) is 0 Å². The normalized spacial score (nSPS) is 14.8. The first-order valence-corrected chi connectivity index (χ1v) is 8.01. The van der Waals surface area contributed by atoms with Gasteiger partial charge in [-0.2, -0.15) is 0 Å². The summed E-state index contributed by atoms with van der Waals surface area (Å²) in [6.45, 7) is 1.63. The van der Waals surface area contributed by atoms with Crippen molar-refractivity contribution in [3.63, 3.8) is 0 Å². The van der Waals surface area contributed by atoms with Gasteiger partial charge in [-0.1, -0.05) is 0 Å². The first-order chi connectivity index (χ1) is 11.0. The zero-order valence-corrected chi connectivity index (χ0v) is 13.5. The van der Waals surface area contributed by atoms with E-state index in [1.807, 2.05) is 7.05 Å². The fraction of sp³-hybridized carbons (Fsp3) is 0.250. The lowest BCUT2D eigenvalue weighted by Gasteiger charge is -2.22. The zero-order chi connectivity index (χ0) is 16.4. The molecule has 3 heterocycles. The van der Waals surface area contributed by atoms with Gasteiger partial charge in [0.1, 0.15) is 10.8 Å². The van der Waals surface area contributed by atoms with Crippen LogP contribution in [0.1, 0.15) is 26.6 Å². The lowest BCUT2D eigenvalue weighted by molar-refractivity contribution is -0.111. The Balaban J connectivity index is 1.82. The number of amides is 2. The largest absolute Gasteiger partial charge is 0.465 e. The van der Waals surface area contributed by atoms with Crippen molar-refractivity contribution in [3.8, 4) is 0 Å². The third-order valence-corrected chi connectivity index (χ3v) is 4.81. The lowest BCUT2D eigenvalue weighted by Crippen LogP contribution is -2.27. The Morgan fingerprint density at radius 3 is 3.00 bits per heavy atom. The van der Waals surface area contributed by atoms with Crippen molar-refractivity contribution >= 4 is 34.2 Å². The first kappa shape index (κ1) is 15.5. The molecule has 0 unspecified atom stereocenters. The minimum absolute atomic E-state index is 0.323. The van der Waals surface area contributed by atoms with Crippen LogP contribution in [0.25, 0.3) is 6.08 Å². The van der Waals surface area contributed by atoms with E-state index in [0.717, 1.165) is 30.0 Å². The van der Waals surface area contributed by atoms with Crippen molar-refractivity contribution in [2.24, 2.45) is 5.73 Å². The number of rotatable bonds is 4. The third kappa shape index (κ3) is 3.35. The average Bonchev–Trinajstić information content (AvgIpc) is 3.11. The molecule has 0 aromatic carbocycles. The molecule has 2 amide bonds. The molecule has 120 valence electrons. The van der Waals surface area contributed by atoms with E-state index in [-0.39, 0.29) is 5.91 Å². The number of thiophene rings is 1. The molecule has 0 bridgehead atoms. The number of primary amides is 1. The van der Waals surface area contributed by atoms with E-state index in [1.165, 1.54) is 23.7 Å². The molecule has 1 aliphatic rings. The summed E-state index contributed by atoms with van der Waals surface area (Å²) in [5.74, 6) is -0.240. The van der Waals surface area contributed by atoms with Crippen molar-refractivity contribution < 1.29 is 14.0 Å². The van der Waals surface area contributed by atoms with Crippen molar-refractivity contribution in [3.05, 3.63) is 46.2 Å². The van der Waals surface area contributed by atoms with Gasteiger partial charge in [0.25, 0.3) is 5.91 Å². The maximum atomic E-state index is 12.1. The number of hydrogen-bond acceptors (Lipinski definition) is 5. The second-order valence-corrected chi connectivity index (χ2v) is 6.50. The Morgan fingerprint density at radius 2 is 2.30 bits per heavy atom. The predicted molar refractivity (Wildman–Crippen MR) is 89.2 cm³/mol. The van der Waals surface area contributed by atoms with Gasteiger partial charge in [-0.25, -0.2) is 0 Å². The molecule has 2 aromatic heterocycles. The number of anilines is 1. The van der Waals surface area contributed by atoms with E-state index in [1.54, 1.807) is 18.2 Å². The second-order valence-electron chi connectivity index (χ2n) is 5.40. The molecule has 23 heavy (non-hydrogen) atoms. The van der Waals surface area contributed by atoms with E-state index in [0.29, 0.717) is 16.3 Å². The van der Waals surface area contributed by atoms with Crippen molar-refractivity contribution in [1.82, 2.24) is 4.90 Å². The summed E-state index contributed by atoms with van der Waals surface area (Å²) < 4.78 is 5.13. The van der Waals surface area contributed by atoms with Crippen molar-refractivity contribution in [2.45, 2.75) is 13.0 Å². The monoisotopic (exact) mass is 331 g/mol.